The zero-order valence-electron chi connectivity index (χ0n) is 5.84. The van der Waals surface area contributed by atoms with Crippen molar-refractivity contribution >= 4 is 15.8 Å². The van der Waals surface area contributed by atoms with Gasteiger partial charge in [0.2, 0.25) is 0 Å². The van der Waals surface area contributed by atoms with Gasteiger partial charge in [-0.1, -0.05) is 12.1 Å². The molecule has 0 atom stereocenters. The molecule has 0 aliphatic carbocycles. The lowest BCUT2D eigenvalue weighted by molar-refractivity contribution is 0.483. The molecule has 0 fully saturated rings. The summed E-state index contributed by atoms with van der Waals surface area (Å²) in [6.45, 7) is 0. The van der Waals surface area contributed by atoms with Crippen molar-refractivity contribution in [1.29, 1.82) is 0 Å². The number of nitrogens with zero attached hydrogens (tertiary/aromatic N) is 1. The van der Waals surface area contributed by atoms with E-state index in [9.17, 15) is 13.3 Å². The lowest BCUT2D eigenvalue weighted by Gasteiger charge is -1.96. The van der Waals surface area contributed by atoms with Crippen molar-refractivity contribution in [3.05, 3.63) is 29.2 Å². The van der Waals surface area contributed by atoms with Crippen molar-refractivity contribution in [3.8, 4) is 0 Å². The van der Waals surface area contributed by atoms with E-state index in [2.05, 4.69) is 5.18 Å². The van der Waals surface area contributed by atoms with E-state index in [0.717, 1.165) is 6.07 Å². The van der Waals surface area contributed by atoms with Crippen LogP contribution in [0.2, 0.25) is 0 Å². The quantitative estimate of drug-likeness (QED) is 0.559. The van der Waals surface area contributed by atoms with E-state index in [1.54, 1.807) is 0 Å². The highest BCUT2D eigenvalue weighted by atomic mass is 32.2. The first-order valence-corrected chi connectivity index (χ1v) is 4.39. The summed E-state index contributed by atoms with van der Waals surface area (Å²) in [4.78, 5) is 9.58. The van der Waals surface area contributed by atoms with Gasteiger partial charge in [-0.3, -0.25) is 4.55 Å². The van der Waals surface area contributed by atoms with Gasteiger partial charge in [-0.25, -0.2) is 0 Å². The zero-order chi connectivity index (χ0) is 9.19. The molecule has 0 radical (unpaired) electrons. The Bertz CT molecular complexity index is 398. The predicted molar refractivity (Wildman–Crippen MR) is 41.7 cm³/mol. The van der Waals surface area contributed by atoms with Gasteiger partial charge in [-0.2, -0.15) is 8.42 Å². The maximum Gasteiger partial charge on any atom is 0.296 e. The highest BCUT2D eigenvalue weighted by Crippen LogP contribution is 2.22. The van der Waals surface area contributed by atoms with Crippen LogP contribution >= 0.6 is 0 Å². The molecule has 0 spiro atoms. The van der Waals surface area contributed by atoms with E-state index in [4.69, 9.17) is 4.55 Å². The molecule has 12 heavy (non-hydrogen) atoms. The van der Waals surface area contributed by atoms with Crippen LogP contribution in [0, 0.1) is 4.91 Å². The summed E-state index contributed by atoms with van der Waals surface area (Å²) in [5.41, 5.74) is -0.292. The molecular weight excluding hydrogens is 182 g/mol. The van der Waals surface area contributed by atoms with Crippen molar-refractivity contribution in [3.63, 3.8) is 0 Å². The lowest BCUT2D eigenvalue weighted by atomic mass is 10.3. The minimum absolute atomic E-state index is 0.292. The normalized spacial score (nSPS) is 11.1. The Kier molecular flexibility index (Phi) is 2.20. The van der Waals surface area contributed by atoms with Crippen molar-refractivity contribution in [2.45, 2.75) is 4.90 Å². The van der Waals surface area contributed by atoms with Gasteiger partial charge in [-0.05, 0) is 17.3 Å². The van der Waals surface area contributed by atoms with Crippen LogP contribution in [0.5, 0.6) is 0 Å². The van der Waals surface area contributed by atoms with E-state index >= 15 is 0 Å². The minimum Gasteiger partial charge on any atom is -0.282 e. The maximum atomic E-state index is 10.6. The molecule has 0 bridgehead atoms. The molecule has 1 aromatic carbocycles. The molecule has 0 saturated heterocycles. The first-order valence-electron chi connectivity index (χ1n) is 2.95. The largest absolute Gasteiger partial charge is 0.296 e. The second-order valence-electron chi connectivity index (χ2n) is 2.03. The molecule has 0 heterocycles. The molecule has 64 valence electrons. The van der Waals surface area contributed by atoms with Gasteiger partial charge in [0.05, 0.1) is 0 Å². The van der Waals surface area contributed by atoms with Crippen molar-refractivity contribution in [2.24, 2.45) is 5.18 Å². The van der Waals surface area contributed by atoms with Crippen molar-refractivity contribution < 1.29 is 13.0 Å². The van der Waals surface area contributed by atoms with Crippen molar-refractivity contribution in [2.75, 3.05) is 0 Å². The van der Waals surface area contributed by atoms with E-state index < -0.39 is 15.0 Å². The highest BCUT2D eigenvalue weighted by molar-refractivity contribution is 7.86. The number of hydrogen-bond donors (Lipinski definition) is 1. The third kappa shape index (κ3) is 1.66. The zero-order valence-corrected chi connectivity index (χ0v) is 6.65. The lowest BCUT2D eigenvalue weighted by Crippen LogP contribution is -1.97. The Labute approximate surface area is 68.8 Å². The second kappa shape index (κ2) is 3.00. The van der Waals surface area contributed by atoms with Crippen LogP contribution < -0.4 is 0 Å². The monoisotopic (exact) mass is 187 g/mol. The van der Waals surface area contributed by atoms with Crippen LogP contribution in [-0.2, 0) is 10.1 Å². The number of rotatable bonds is 2. The van der Waals surface area contributed by atoms with E-state index in [1.165, 1.54) is 18.2 Å². The van der Waals surface area contributed by atoms with Crippen molar-refractivity contribution in [1.82, 2.24) is 0 Å². The number of nitroso groups, excluding NO2 is 1. The van der Waals surface area contributed by atoms with Crippen LogP contribution in [0.4, 0.5) is 5.69 Å². The fraction of sp³-hybridized carbons (Fsp3) is 0. The summed E-state index contributed by atoms with van der Waals surface area (Å²) in [6.07, 6.45) is 0. The van der Waals surface area contributed by atoms with Gasteiger partial charge in [0.15, 0.2) is 0 Å². The third-order valence-corrected chi connectivity index (χ3v) is 2.14. The summed E-state index contributed by atoms with van der Waals surface area (Å²) >= 11 is 0. The molecule has 1 N–H and O–H groups in total. The Hall–Kier alpha value is -1.27. The molecule has 1 aromatic rings. The Morgan fingerprint density at radius 2 is 1.83 bits per heavy atom. The highest BCUT2D eigenvalue weighted by Gasteiger charge is 2.14. The standard InChI is InChI=1S/C6H5NO4S/c8-7-5-3-1-2-4-6(5)12(9,10)11/h1-4H,(H,9,10,11). The summed E-state index contributed by atoms with van der Waals surface area (Å²) in [5, 5.41) is 2.45. The molecule has 0 aliphatic rings. The van der Waals surface area contributed by atoms with E-state index in [-0.39, 0.29) is 5.69 Å². The average Bonchev–Trinajstić information content (AvgIpc) is 2.03. The van der Waals surface area contributed by atoms with Gasteiger partial charge in [0, 0.05) is 0 Å². The molecule has 1 rings (SSSR count). The van der Waals surface area contributed by atoms with Gasteiger partial charge >= 0.3 is 0 Å². The molecular formula is C6H5NO4S. The maximum absolute atomic E-state index is 10.6. The van der Waals surface area contributed by atoms with Gasteiger partial charge in [0.25, 0.3) is 10.1 Å². The smallest absolute Gasteiger partial charge is 0.282 e. The Morgan fingerprint density at radius 3 is 2.25 bits per heavy atom. The summed E-state index contributed by atoms with van der Waals surface area (Å²) < 4.78 is 29.7. The molecule has 0 amide bonds. The van der Waals surface area contributed by atoms with Crippen LogP contribution in [0.15, 0.2) is 34.3 Å². The summed E-state index contributed by atoms with van der Waals surface area (Å²) in [5.74, 6) is 0. The molecule has 0 unspecified atom stereocenters. The molecule has 5 nitrogen and oxygen atoms in total. The summed E-state index contributed by atoms with van der Waals surface area (Å²) in [6, 6.07) is 5.14. The van der Waals surface area contributed by atoms with Gasteiger partial charge < -0.3 is 0 Å². The van der Waals surface area contributed by atoms with Gasteiger partial charge in [-0.15, -0.1) is 4.91 Å². The van der Waals surface area contributed by atoms with Crippen LogP contribution in [0.25, 0.3) is 0 Å². The predicted octanol–water partition coefficient (Wildman–Crippen LogP) is 1.33. The third-order valence-electron chi connectivity index (χ3n) is 1.24. The molecule has 0 aromatic heterocycles. The minimum atomic E-state index is -4.34. The average molecular weight is 187 g/mol. The summed E-state index contributed by atoms with van der Waals surface area (Å²) in [7, 11) is -4.34. The topological polar surface area (TPSA) is 83.8 Å². The molecule has 0 saturated carbocycles. The second-order valence-corrected chi connectivity index (χ2v) is 3.42. The van der Waals surface area contributed by atoms with E-state index in [1.807, 2.05) is 0 Å². The fourth-order valence-electron chi connectivity index (χ4n) is 0.751. The fourth-order valence-corrected chi connectivity index (χ4v) is 1.37. The number of benzene rings is 1. The van der Waals surface area contributed by atoms with Crippen LogP contribution in [0.1, 0.15) is 0 Å². The SMILES string of the molecule is O=Nc1ccccc1S(=O)(=O)O. The van der Waals surface area contributed by atoms with Gasteiger partial charge in [0.1, 0.15) is 10.6 Å². The molecule has 0 aliphatic heterocycles. The Morgan fingerprint density at radius 1 is 1.25 bits per heavy atom. The first-order chi connectivity index (χ1) is 5.55. The number of hydrogen-bond acceptors (Lipinski definition) is 4. The first kappa shape index (κ1) is 8.82. The van der Waals surface area contributed by atoms with E-state index in [0.29, 0.717) is 0 Å². The van der Waals surface area contributed by atoms with Crippen LogP contribution in [-0.4, -0.2) is 13.0 Å². The Balaban J connectivity index is 3.43. The molecule has 6 heteroatoms. The van der Waals surface area contributed by atoms with Crippen LogP contribution in [0.3, 0.4) is 0 Å².